The van der Waals surface area contributed by atoms with Crippen LogP contribution in [0.15, 0.2) is 67.0 Å². The minimum atomic E-state index is -0.314. The zero-order chi connectivity index (χ0) is 22.6. The Bertz CT molecular complexity index is 1170. The number of anilines is 2. The average Bonchev–Trinajstić information content (AvgIpc) is 3.35. The first-order chi connectivity index (χ1) is 16.2. The van der Waals surface area contributed by atoms with Crippen LogP contribution in [0.25, 0.3) is 11.3 Å². The van der Waals surface area contributed by atoms with Gasteiger partial charge in [0.1, 0.15) is 17.5 Å². The number of hydrogen-bond donors (Lipinski definition) is 1. The molecule has 1 aliphatic heterocycles. The standard InChI is InChI=1S/C26H26FN5O/c27-21-7-4-8-22(15-21)29-24-16-23(18-9-12-28-13-10-18)30-25(31-24)20-11-14-32(17-20)26(33)19-5-2-1-3-6-19/h1-2,4,7-10,12-13,15-16,19-20H,3,5-6,11,14,17H2,(H,29,30,31)/t19-,20+/m1/s1. The fourth-order valence-electron chi connectivity index (χ4n) is 4.54. The molecule has 2 aliphatic rings. The lowest BCUT2D eigenvalue weighted by Gasteiger charge is -2.24. The van der Waals surface area contributed by atoms with E-state index in [0.717, 1.165) is 43.5 Å². The molecule has 2 atom stereocenters. The van der Waals surface area contributed by atoms with Crippen LogP contribution in [0.1, 0.15) is 37.4 Å². The van der Waals surface area contributed by atoms with Crippen molar-refractivity contribution >= 4 is 17.4 Å². The maximum Gasteiger partial charge on any atom is 0.226 e. The molecule has 0 saturated carbocycles. The van der Waals surface area contributed by atoms with Crippen molar-refractivity contribution in [2.24, 2.45) is 5.92 Å². The van der Waals surface area contributed by atoms with Gasteiger partial charge in [0.2, 0.25) is 5.91 Å². The highest BCUT2D eigenvalue weighted by atomic mass is 19.1. The first-order valence-corrected chi connectivity index (χ1v) is 11.4. The summed E-state index contributed by atoms with van der Waals surface area (Å²) in [6.45, 7) is 1.34. The van der Waals surface area contributed by atoms with Gasteiger partial charge in [-0.3, -0.25) is 9.78 Å². The number of pyridine rings is 1. The highest BCUT2D eigenvalue weighted by Crippen LogP contribution is 2.31. The Morgan fingerprint density at radius 2 is 1.94 bits per heavy atom. The fraction of sp³-hybridized carbons (Fsp3) is 0.308. The number of allylic oxidation sites excluding steroid dienone is 2. The predicted molar refractivity (Wildman–Crippen MR) is 125 cm³/mol. The number of aromatic nitrogens is 3. The van der Waals surface area contributed by atoms with Crippen molar-refractivity contribution in [1.29, 1.82) is 0 Å². The molecule has 5 rings (SSSR count). The highest BCUT2D eigenvalue weighted by Gasteiger charge is 2.33. The summed E-state index contributed by atoms with van der Waals surface area (Å²) in [6.07, 6.45) is 11.3. The maximum atomic E-state index is 13.7. The number of carbonyl (C=O) groups excluding carboxylic acids is 1. The maximum absolute atomic E-state index is 13.7. The Labute approximate surface area is 192 Å². The Balaban J connectivity index is 1.41. The lowest BCUT2D eigenvalue weighted by molar-refractivity contribution is -0.134. The number of halogens is 1. The van der Waals surface area contributed by atoms with E-state index in [4.69, 9.17) is 9.97 Å². The third-order valence-corrected chi connectivity index (χ3v) is 6.30. The number of amides is 1. The third kappa shape index (κ3) is 4.92. The molecule has 1 N–H and O–H groups in total. The fourth-order valence-corrected chi connectivity index (χ4v) is 4.54. The minimum absolute atomic E-state index is 0.0583. The number of nitrogens with zero attached hydrogens (tertiary/aromatic N) is 4. The summed E-state index contributed by atoms with van der Waals surface area (Å²) < 4.78 is 13.7. The molecule has 0 bridgehead atoms. The predicted octanol–water partition coefficient (Wildman–Crippen LogP) is 5.09. The number of hydrogen-bond acceptors (Lipinski definition) is 5. The summed E-state index contributed by atoms with van der Waals surface area (Å²) in [5.41, 5.74) is 2.31. The summed E-state index contributed by atoms with van der Waals surface area (Å²) >= 11 is 0. The van der Waals surface area contributed by atoms with Crippen LogP contribution in [0.3, 0.4) is 0 Å². The smallest absolute Gasteiger partial charge is 0.226 e. The van der Waals surface area contributed by atoms with Crippen molar-refractivity contribution in [2.45, 2.75) is 31.6 Å². The van der Waals surface area contributed by atoms with E-state index in [1.807, 2.05) is 23.1 Å². The van der Waals surface area contributed by atoms with Gasteiger partial charge in [0.05, 0.1) is 5.69 Å². The lowest BCUT2D eigenvalue weighted by atomic mass is 9.93. The molecule has 168 valence electrons. The lowest BCUT2D eigenvalue weighted by Crippen LogP contribution is -2.34. The van der Waals surface area contributed by atoms with Gasteiger partial charge >= 0.3 is 0 Å². The van der Waals surface area contributed by atoms with Crippen molar-refractivity contribution in [3.8, 4) is 11.3 Å². The Morgan fingerprint density at radius 1 is 1.06 bits per heavy atom. The second-order valence-corrected chi connectivity index (χ2v) is 8.62. The molecule has 3 aromatic rings. The molecule has 1 saturated heterocycles. The van der Waals surface area contributed by atoms with Crippen molar-refractivity contribution in [2.75, 3.05) is 18.4 Å². The third-order valence-electron chi connectivity index (χ3n) is 6.30. The van der Waals surface area contributed by atoms with E-state index in [1.54, 1.807) is 24.5 Å². The Hall–Kier alpha value is -3.61. The van der Waals surface area contributed by atoms with Gasteiger partial charge in [-0.15, -0.1) is 0 Å². The van der Waals surface area contributed by atoms with Gasteiger partial charge in [0, 0.05) is 54.6 Å². The van der Waals surface area contributed by atoms with Gasteiger partial charge in [0.15, 0.2) is 0 Å². The number of carbonyl (C=O) groups is 1. The molecule has 0 unspecified atom stereocenters. The number of rotatable bonds is 5. The van der Waals surface area contributed by atoms with E-state index in [1.165, 1.54) is 12.1 Å². The quantitative estimate of drug-likeness (QED) is 0.556. The Kier molecular flexibility index (Phi) is 6.11. The normalized spacial score (nSPS) is 20.1. The minimum Gasteiger partial charge on any atom is -0.342 e. The Morgan fingerprint density at radius 3 is 2.73 bits per heavy atom. The molecule has 7 heteroatoms. The first-order valence-electron chi connectivity index (χ1n) is 11.4. The van der Waals surface area contributed by atoms with Crippen molar-refractivity contribution in [1.82, 2.24) is 19.9 Å². The van der Waals surface area contributed by atoms with Gasteiger partial charge < -0.3 is 10.2 Å². The van der Waals surface area contributed by atoms with Gasteiger partial charge in [0.25, 0.3) is 0 Å². The molecule has 1 amide bonds. The van der Waals surface area contributed by atoms with E-state index < -0.39 is 0 Å². The highest BCUT2D eigenvalue weighted by molar-refractivity contribution is 5.79. The molecule has 33 heavy (non-hydrogen) atoms. The molecule has 0 radical (unpaired) electrons. The monoisotopic (exact) mass is 443 g/mol. The molecule has 3 heterocycles. The van der Waals surface area contributed by atoms with Crippen LogP contribution < -0.4 is 5.32 Å². The van der Waals surface area contributed by atoms with Crippen LogP contribution in [-0.4, -0.2) is 38.8 Å². The van der Waals surface area contributed by atoms with Crippen LogP contribution in [0, 0.1) is 11.7 Å². The van der Waals surface area contributed by atoms with Gasteiger partial charge in [-0.25, -0.2) is 14.4 Å². The zero-order valence-electron chi connectivity index (χ0n) is 18.3. The SMILES string of the molecule is O=C([C@@H]1CC=CCC1)N1CC[C@H](c2nc(Nc3cccc(F)c3)cc(-c3ccncc3)n2)C1. The van der Waals surface area contributed by atoms with E-state index in [0.29, 0.717) is 23.9 Å². The van der Waals surface area contributed by atoms with Crippen LogP contribution in [0.5, 0.6) is 0 Å². The molecule has 2 aromatic heterocycles. The summed E-state index contributed by atoms with van der Waals surface area (Å²) in [6, 6.07) is 12.0. The zero-order valence-corrected chi connectivity index (χ0v) is 18.3. The van der Waals surface area contributed by atoms with Crippen molar-refractivity contribution in [3.63, 3.8) is 0 Å². The van der Waals surface area contributed by atoms with Gasteiger partial charge in [-0.1, -0.05) is 18.2 Å². The van der Waals surface area contributed by atoms with Crippen LogP contribution in [-0.2, 0) is 4.79 Å². The van der Waals surface area contributed by atoms with Crippen LogP contribution in [0.2, 0.25) is 0 Å². The summed E-state index contributed by atoms with van der Waals surface area (Å²) in [4.78, 5) is 28.7. The largest absolute Gasteiger partial charge is 0.342 e. The van der Waals surface area contributed by atoms with Gasteiger partial charge in [-0.05, 0) is 56.0 Å². The van der Waals surface area contributed by atoms with Gasteiger partial charge in [-0.2, -0.15) is 0 Å². The number of nitrogens with one attached hydrogen (secondary N) is 1. The molecule has 1 aliphatic carbocycles. The van der Waals surface area contributed by atoms with E-state index in [-0.39, 0.29) is 23.6 Å². The molecule has 6 nitrogen and oxygen atoms in total. The van der Waals surface area contributed by atoms with Crippen LogP contribution in [0.4, 0.5) is 15.9 Å². The molecular weight excluding hydrogens is 417 g/mol. The van der Waals surface area contributed by atoms with E-state index in [2.05, 4.69) is 22.5 Å². The molecule has 1 fully saturated rings. The summed E-state index contributed by atoms with van der Waals surface area (Å²) in [5, 5.41) is 3.21. The second kappa shape index (κ2) is 9.48. The average molecular weight is 444 g/mol. The summed E-state index contributed by atoms with van der Waals surface area (Å²) in [5.74, 6) is 1.36. The number of benzene rings is 1. The molecule has 1 aromatic carbocycles. The topological polar surface area (TPSA) is 71.0 Å². The van der Waals surface area contributed by atoms with Crippen LogP contribution >= 0.6 is 0 Å². The number of likely N-dealkylation sites (tertiary alicyclic amines) is 1. The first kappa shape index (κ1) is 21.2. The van der Waals surface area contributed by atoms with Crippen molar-refractivity contribution < 1.29 is 9.18 Å². The molecule has 0 spiro atoms. The second-order valence-electron chi connectivity index (χ2n) is 8.62. The molecular formula is C26H26FN5O. The summed E-state index contributed by atoms with van der Waals surface area (Å²) in [7, 11) is 0. The van der Waals surface area contributed by atoms with Crippen molar-refractivity contribution in [3.05, 3.63) is 78.7 Å². The van der Waals surface area contributed by atoms with E-state index in [9.17, 15) is 9.18 Å². The van der Waals surface area contributed by atoms with E-state index >= 15 is 0 Å².